The number of carbonyl (C=O) groups excluding carboxylic acids is 1. The minimum absolute atomic E-state index is 0.0435. The molecular weight excluding hydrogens is 388 g/mol. The van der Waals surface area contributed by atoms with Gasteiger partial charge in [0.25, 0.3) is 0 Å². The van der Waals surface area contributed by atoms with Crippen molar-refractivity contribution < 1.29 is 14.3 Å². The molecule has 2 unspecified atom stereocenters. The third kappa shape index (κ3) is 4.87. The van der Waals surface area contributed by atoms with Crippen LogP contribution in [0.1, 0.15) is 56.7 Å². The molecule has 3 aromatic rings. The number of carbonyl (C=O) groups is 1. The Bertz CT molecular complexity index is 1040. The Kier molecular flexibility index (Phi) is 7.26. The molecule has 1 heterocycles. The van der Waals surface area contributed by atoms with E-state index in [-0.39, 0.29) is 17.9 Å². The topological polar surface area (TPSA) is 63.4 Å². The van der Waals surface area contributed by atoms with Gasteiger partial charge in [0.1, 0.15) is 0 Å². The first kappa shape index (κ1) is 22.7. The largest absolute Gasteiger partial charge is 0.493 e. The van der Waals surface area contributed by atoms with Crippen LogP contribution in [0.2, 0.25) is 0 Å². The van der Waals surface area contributed by atoms with Crippen LogP contribution in [0.3, 0.4) is 0 Å². The van der Waals surface area contributed by atoms with Gasteiger partial charge in [0.05, 0.1) is 14.2 Å². The van der Waals surface area contributed by atoms with E-state index in [0.717, 1.165) is 28.5 Å². The Morgan fingerprint density at radius 2 is 1.81 bits per heavy atom. The first-order valence-electron chi connectivity index (χ1n) is 11.0. The van der Waals surface area contributed by atoms with Crippen molar-refractivity contribution >= 4 is 16.8 Å². The average Bonchev–Trinajstić information content (AvgIpc) is 3.20. The summed E-state index contributed by atoms with van der Waals surface area (Å²) in [6.07, 6.45) is 3.35. The summed E-state index contributed by atoms with van der Waals surface area (Å²) < 4.78 is 10.9. The number of hydrogen-bond donors (Lipinski definition) is 2. The van der Waals surface area contributed by atoms with Gasteiger partial charge >= 0.3 is 0 Å². The molecule has 1 amide bonds. The number of nitrogens with one attached hydrogen (secondary N) is 2. The number of rotatable bonds is 9. The monoisotopic (exact) mass is 422 g/mol. The third-order valence-electron chi connectivity index (χ3n) is 6.18. The van der Waals surface area contributed by atoms with E-state index >= 15 is 0 Å². The number of hydrogen-bond acceptors (Lipinski definition) is 3. The standard InChI is InChI=1S/C26H34N2O3/c1-7-18-9-8-10-20-22(15-27-26(18)20)21(14-25(29)28-17(4)16(2)3)19-11-12-23(30-5)24(13-19)31-6/h8-13,15-17,21,27H,7,14H2,1-6H3,(H,28,29). The van der Waals surface area contributed by atoms with Crippen molar-refractivity contribution in [2.75, 3.05) is 14.2 Å². The van der Waals surface area contributed by atoms with Gasteiger partial charge in [0.2, 0.25) is 5.91 Å². The highest BCUT2D eigenvalue weighted by atomic mass is 16.5. The lowest BCUT2D eigenvalue weighted by Crippen LogP contribution is -2.36. The molecule has 5 heteroatoms. The van der Waals surface area contributed by atoms with Gasteiger partial charge in [0, 0.05) is 35.5 Å². The Balaban J connectivity index is 2.06. The van der Waals surface area contributed by atoms with Gasteiger partial charge in [-0.1, -0.05) is 45.0 Å². The van der Waals surface area contributed by atoms with E-state index in [1.54, 1.807) is 14.2 Å². The van der Waals surface area contributed by atoms with Crippen LogP contribution in [-0.4, -0.2) is 31.2 Å². The molecule has 0 spiro atoms. The van der Waals surface area contributed by atoms with Crippen LogP contribution in [0.15, 0.2) is 42.6 Å². The van der Waals surface area contributed by atoms with Gasteiger partial charge in [0.15, 0.2) is 11.5 Å². The molecule has 0 fully saturated rings. The van der Waals surface area contributed by atoms with Crippen LogP contribution >= 0.6 is 0 Å². The number of ether oxygens (including phenoxy) is 2. The van der Waals surface area contributed by atoms with E-state index < -0.39 is 0 Å². The predicted octanol–water partition coefficient (Wildman–Crippen LogP) is 5.43. The Hall–Kier alpha value is -2.95. The van der Waals surface area contributed by atoms with Crippen molar-refractivity contribution in [3.05, 3.63) is 59.3 Å². The quantitative estimate of drug-likeness (QED) is 0.483. The minimum atomic E-state index is -0.111. The molecule has 1 aromatic heterocycles. The lowest BCUT2D eigenvalue weighted by atomic mass is 9.87. The number of amides is 1. The first-order valence-corrected chi connectivity index (χ1v) is 11.0. The summed E-state index contributed by atoms with van der Waals surface area (Å²) in [5.74, 6) is 1.65. The summed E-state index contributed by atoms with van der Waals surface area (Å²) in [5.41, 5.74) is 4.55. The number of aryl methyl sites for hydroxylation is 1. The first-order chi connectivity index (χ1) is 14.9. The van der Waals surface area contributed by atoms with Gasteiger partial charge < -0.3 is 19.8 Å². The molecule has 2 N–H and O–H groups in total. The Morgan fingerprint density at radius 1 is 1.06 bits per heavy atom. The van der Waals surface area contributed by atoms with Crippen molar-refractivity contribution in [3.8, 4) is 11.5 Å². The van der Waals surface area contributed by atoms with Crippen molar-refractivity contribution in [2.24, 2.45) is 5.92 Å². The number of benzene rings is 2. The number of methoxy groups -OCH3 is 2. The van der Waals surface area contributed by atoms with E-state index in [2.05, 4.69) is 49.3 Å². The molecule has 0 bridgehead atoms. The predicted molar refractivity (Wildman–Crippen MR) is 126 cm³/mol. The van der Waals surface area contributed by atoms with Crippen molar-refractivity contribution in [2.45, 2.75) is 52.5 Å². The van der Waals surface area contributed by atoms with E-state index in [0.29, 0.717) is 23.8 Å². The second-order valence-electron chi connectivity index (χ2n) is 8.41. The zero-order valence-electron chi connectivity index (χ0n) is 19.4. The molecular formula is C26H34N2O3. The summed E-state index contributed by atoms with van der Waals surface area (Å²) in [7, 11) is 3.26. The maximum atomic E-state index is 13.0. The normalized spacial score (nSPS) is 13.3. The minimum Gasteiger partial charge on any atom is -0.493 e. The zero-order chi connectivity index (χ0) is 22.5. The molecule has 2 atom stereocenters. The number of aromatic nitrogens is 1. The Labute approximate surface area is 185 Å². The van der Waals surface area contributed by atoms with Gasteiger partial charge in [-0.2, -0.15) is 0 Å². The van der Waals surface area contributed by atoms with Crippen LogP contribution in [-0.2, 0) is 11.2 Å². The summed E-state index contributed by atoms with van der Waals surface area (Å²) in [6, 6.07) is 12.4. The Morgan fingerprint density at radius 3 is 2.45 bits per heavy atom. The fraction of sp³-hybridized carbons (Fsp3) is 0.423. The van der Waals surface area contributed by atoms with Gasteiger partial charge in [-0.25, -0.2) is 0 Å². The molecule has 0 saturated carbocycles. The molecule has 0 radical (unpaired) electrons. The SMILES string of the molecule is CCc1cccc2c(C(CC(=O)NC(C)C(C)C)c3ccc(OC)c(OC)c3)c[nH]c12. The van der Waals surface area contributed by atoms with Crippen LogP contribution in [0, 0.1) is 5.92 Å². The highest BCUT2D eigenvalue weighted by Gasteiger charge is 2.24. The second-order valence-corrected chi connectivity index (χ2v) is 8.41. The third-order valence-corrected chi connectivity index (χ3v) is 6.18. The van der Waals surface area contributed by atoms with Crippen molar-refractivity contribution in [1.82, 2.24) is 10.3 Å². The fourth-order valence-corrected chi connectivity index (χ4v) is 3.96. The molecule has 0 aliphatic rings. The van der Waals surface area contributed by atoms with Gasteiger partial charge in [-0.15, -0.1) is 0 Å². The second kappa shape index (κ2) is 9.90. The summed E-state index contributed by atoms with van der Waals surface area (Å²) in [5, 5.41) is 4.31. The molecule has 0 saturated heterocycles. The van der Waals surface area contributed by atoms with E-state index in [1.165, 1.54) is 5.56 Å². The molecule has 2 aromatic carbocycles. The molecule has 3 rings (SSSR count). The van der Waals surface area contributed by atoms with Crippen LogP contribution < -0.4 is 14.8 Å². The van der Waals surface area contributed by atoms with Gasteiger partial charge in [-0.3, -0.25) is 4.79 Å². The van der Waals surface area contributed by atoms with E-state index in [4.69, 9.17) is 9.47 Å². The lowest BCUT2D eigenvalue weighted by Gasteiger charge is -2.22. The smallest absolute Gasteiger partial charge is 0.221 e. The van der Waals surface area contributed by atoms with Crippen LogP contribution in [0.25, 0.3) is 10.9 Å². The average molecular weight is 423 g/mol. The number of H-pyrrole nitrogens is 1. The summed E-state index contributed by atoms with van der Waals surface area (Å²) in [4.78, 5) is 16.5. The number of aromatic amines is 1. The lowest BCUT2D eigenvalue weighted by molar-refractivity contribution is -0.122. The van der Waals surface area contributed by atoms with Crippen LogP contribution in [0.5, 0.6) is 11.5 Å². The highest BCUT2D eigenvalue weighted by Crippen LogP contribution is 2.38. The van der Waals surface area contributed by atoms with E-state index in [9.17, 15) is 4.79 Å². The molecule has 31 heavy (non-hydrogen) atoms. The van der Waals surface area contributed by atoms with Crippen molar-refractivity contribution in [3.63, 3.8) is 0 Å². The van der Waals surface area contributed by atoms with Crippen molar-refractivity contribution in [1.29, 1.82) is 0 Å². The summed E-state index contributed by atoms with van der Waals surface area (Å²) in [6.45, 7) is 8.43. The molecule has 5 nitrogen and oxygen atoms in total. The fourth-order valence-electron chi connectivity index (χ4n) is 3.96. The number of para-hydroxylation sites is 1. The highest BCUT2D eigenvalue weighted by molar-refractivity contribution is 5.88. The maximum Gasteiger partial charge on any atom is 0.221 e. The molecule has 0 aliphatic carbocycles. The summed E-state index contributed by atoms with van der Waals surface area (Å²) >= 11 is 0. The zero-order valence-corrected chi connectivity index (χ0v) is 19.4. The maximum absolute atomic E-state index is 13.0. The molecule has 0 aliphatic heterocycles. The molecule has 166 valence electrons. The van der Waals surface area contributed by atoms with Gasteiger partial charge in [-0.05, 0) is 48.1 Å². The van der Waals surface area contributed by atoms with E-state index in [1.807, 2.05) is 31.3 Å². The van der Waals surface area contributed by atoms with Crippen LogP contribution in [0.4, 0.5) is 0 Å². The number of fused-ring (bicyclic) bond motifs is 1.